The minimum Gasteiger partial charge on any atom is -0.368 e. The number of anilines is 2. The average molecular weight is 496 g/mol. The maximum atomic E-state index is 13.6. The van der Waals surface area contributed by atoms with Crippen molar-refractivity contribution < 1.29 is 13.2 Å². The maximum Gasteiger partial charge on any atom is 0.264 e. The highest BCUT2D eigenvalue weighted by Crippen LogP contribution is 2.26. The zero-order chi connectivity index (χ0) is 24.1. The van der Waals surface area contributed by atoms with Gasteiger partial charge in [0.05, 0.1) is 10.6 Å². The van der Waals surface area contributed by atoms with Crippen LogP contribution in [-0.4, -0.2) is 58.2 Å². The largest absolute Gasteiger partial charge is 0.368 e. The van der Waals surface area contributed by atoms with Crippen LogP contribution in [0.15, 0.2) is 88.7 Å². The fraction of sp³-hybridized carbons (Fsp3) is 0.269. The summed E-state index contributed by atoms with van der Waals surface area (Å²) in [5.41, 5.74) is 2.64. The van der Waals surface area contributed by atoms with Gasteiger partial charge in [0.25, 0.3) is 10.0 Å². The van der Waals surface area contributed by atoms with Crippen LogP contribution in [0.2, 0.25) is 0 Å². The highest BCUT2D eigenvalue weighted by atomic mass is 32.2. The number of thioether (sulfide) groups is 1. The number of hydrogen-bond acceptors (Lipinski definition) is 5. The van der Waals surface area contributed by atoms with E-state index in [1.54, 1.807) is 53.1 Å². The Morgan fingerprint density at radius 1 is 0.882 bits per heavy atom. The summed E-state index contributed by atoms with van der Waals surface area (Å²) in [6, 6.07) is 24.1. The van der Waals surface area contributed by atoms with Gasteiger partial charge in [-0.3, -0.25) is 9.10 Å². The fourth-order valence-electron chi connectivity index (χ4n) is 3.98. The first-order chi connectivity index (χ1) is 16.4. The Bertz CT molecular complexity index is 1210. The summed E-state index contributed by atoms with van der Waals surface area (Å²) in [6.45, 7) is 4.24. The summed E-state index contributed by atoms with van der Waals surface area (Å²) in [5.74, 6) is -0.197. The van der Waals surface area contributed by atoms with E-state index in [2.05, 4.69) is 17.0 Å². The van der Waals surface area contributed by atoms with Crippen LogP contribution in [0.5, 0.6) is 0 Å². The van der Waals surface area contributed by atoms with E-state index in [4.69, 9.17) is 0 Å². The third-order valence-electron chi connectivity index (χ3n) is 6.00. The molecule has 0 atom stereocenters. The Morgan fingerprint density at radius 3 is 2.09 bits per heavy atom. The Balaban J connectivity index is 1.54. The molecule has 4 rings (SSSR count). The summed E-state index contributed by atoms with van der Waals surface area (Å²) in [4.78, 5) is 18.4. The molecule has 1 amide bonds. The molecule has 0 aliphatic carbocycles. The van der Waals surface area contributed by atoms with Crippen LogP contribution < -0.4 is 9.21 Å². The molecule has 0 radical (unpaired) electrons. The van der Waals surface area contributed by atoms with Gasteiger partial charge in [0.15, 0.2) is 0 Å². The van der Waals surface area contributed by atoms with Gasteiger partial charge in [0.1, 0.15) is 6.54 Å². The van der Waals surface area contributed by atoms with Crippen LogP contribution in [-0.2, 0) is 14.8 Å². The van der Waals surface area contributed by atoms with Crippen LogP contribution in [0.4, 0.5) is 11.4 Å². The smallest absolute Gasteiger partial charge is 0.264 e. The van der Waals surface area contributed by atoms with Gasteiger partial charge >= 0.3 is 0 Å². The average Bonchev–Trinajstić information content (AvgIpc) is 2.88. The highest BCUT2D eigenvalue weighted by Gasteiger charge is 2.30. The van der Waals surface area contributed by atoms with Crippen molar-refractivity contribution in [3.8, 4) is 0 Å². The number of carbonyl (C=O) groups is 1. The number of piperazine rings is 1. The van der Waals surface area contributed by atoms with Gasteiger partial charge in [-0.15, -0.1) is 11.8 Å². The van der Waals surface area contributed by atoms with Gasteiger partial charge in [-0.1, -0.05) is 35.9 Å². The number of carbonyl (C=O) groups excluding carboxylic acids is 1. The second-order valence-corrected chi connectivity index (χ2v) is 11.0. The summed E-state index contributed by atoms with van der Waals surface area (Å²) >= 11 is 1.55. The second-order valence-electron chi connectivity index (χ2n) is 8.23. The predicted molar refractivity (Wildman–Crippen MR) is 139 cm³/mol. The molecule has 178 valence electrons. The van der Waals surface area contributed by atoms with Crippen molar-refractivity contribution in [3.05, 3.63) is 84.4 Å². The van der Waals surface area contributed by atoms with Crippen LogP contribution in [0.1, 0.15) is 5.56 Å². The fourth-order valence-corrected chi connectivity index (χ4v) is 5.80. The number of para-hydroxylation sites is 1. The maximum absolute atomic E-state index is 13.6. The van der Waals surface area contributed by atoms with Crippen molar-refractivity contribution in [1.29, 1.82) is 0 Å². The molecule has 3 aromatic rings. The summed E-state index contributed by atoms with van der Waals surface area (Å²) < 4.78 is 28.5. The van der Waals surface area contributed by atoms with Crippen molar-refractivity contribution in [3.63, 3.8) is 0 Å². The lowest BCUT2D eigenvalue weighted by Gasteiger charge is -2.37. The second kappa shape index (κ2) is 10.5. The van der Waals surface area contributed by atoms with Crippen molar-refractivity contribution in [2.45, 2.75) is 16.7 Å². The molecule has 34 heavy (non-hydrogen) atoms. The quantitative estimate of drug-likeness (QED) is 0.459. The Labute approximate surface area is 206 Å². The zero-order valence-corrected chi connectivity index (χ0v) is 21.1. The van der Waals surface area contributed by atoms with Crippen molar-refractivity contribution in [2.24, 2.45) is 0 Å². The number of benzene rings is 3. The van der Waals surface area contributed by atoms with Gasteiger partial charge in [-0.2, -0.15) is 0 Å². The molecule has 1 heterocycles. The molecular formula is C26H29N3O3S2. The summed E-state index contributed by atoms with van der Waals surface area (Å²) in [5, 5.41) is 0. The van der Waals surface area contributed by atoms with Crippen molar-refractivity contribution in [2.75, 3.05) is 48.2 Å². The van der Waals surface area contributed by atoms with Crippen molar-refractivity contribution in [1.82, 2.24) is 4.90 Å². The normalized spacial score (nSPS) is 14.2. The molecule has 6 nitrogen and oxygen atoms in total. The van der Waals surface area contributed by atoms with E-state index in [-0.39, 0.29) is 17.3 Å². The first-order valence-electron chi connectivity index (χ1n) is 11.2. The van der Waals surface area contributed by atoms with E-state index in [9.17, 15) is 13.2 Å². The third kappa shape index (κ3) is 5.39. The number of amides is 1. The molecule has 8 heteroatoms. The molecule has 3 aromatic carbocycles. The SMILES string of the molecule is CSc1ccc(S(=O)(=O)N(CC(=O)N2CCN(c3ccccc3)CC2)c2ccc(C)cc2)cc1. The summed E-state index contributed by atoms with van der Waals surface area (Å²) in [7, 11) is -3.91. The minimum absolute atomic E-state index is 0.174. The topological polar surface area (TPSA) is 60.9 Å². The van der Waals surface area contributed by atoms with Gasteiger partial charge < -0.3 is 9.80 Å². The Morgan fingerprint density at radius 2 is 1.50 bits per heavy atom. The lowest BCUT2D eigenvalue weighted by molar-refractivity contribution is -0.129. The van der Waals surface area contributed by atoms with E-state index < -0.39 is 10.0 Å². The standard InChI is InChI=1S/C26H29N3O3S2/c1-21-8-10-23(11-9-21)29(34(31,32)25-14-12-24(33-2)13-15-25)20-26(30)28-18-16-27(17-19-28)22-6-4-3-5-7-22/h3-15H,16-20H2,1-2H3. The molecule has 0 N–H and O–H groups in total. The van der Waals surface area contributed by atoms with Crippen LogP contribution in [0, 0.1) is 6.92 Å². The molecule has 0 bridgehead atoms. The number of rotatable bonds is 7. The molecule has 0 spiro atoms. The molecule has 1 saturated heterocycles. The molecule has 1 aliphatic heterocycles. The zero-order valence-electron chi connectivity index (χ0n) is 19.4. The third-order valence-corrected chi connectivity index (χ3v) is 8.53. The van der Waals surface area contributed by atoms with Gasteiger partial charge in [-0.25, -0.2) is 8.42 Å². The van der Waals surface area contributed by atoms with E-state index in [1.807, 2.05) is 43.5 Å². The molecule has 1 fully saturated rings. The summed E-state index contributed by atoms with van der Waals surface area (Å²) in [6.07, 6.45) is 1.94. The molecule has 0 aromatic heterocycles. The first-order valence-corrected chi connectivity index (χ1v) is 13.9. The molecular weight excluding hydrogens is 466 g/mol. The first kappa shape index (κ1) is 24.2. The van der Waals surface area contributed by atoms with E-state index in [0.717, 1.165) is 16.1 Å². The van der Waals surface area contributed by atoms with E-state index in [1.165, 1.54) is 4.31 Å². The van der Waals surface area contributed by atoms with Gasteiger partial charge in [-0.05, 0) is 61.7 Å². The number of aryl methyl sites for hydroxylation is 1. The predicted octanol–water partition coefficient (Wildman–Crippen LogP) is 4.26. The lowest BCUT2D eigenvalue weighted by atomic mass is 10.2. The Hall–Kier alpha value is -2.97. The van der Waals surface area contributed by atoms with Crippen molar-refractivity contribution >= 4 is 39.1 Å². The molecule has 0 saturated carbocycles. The van der Waals surface area contributed by atoms with Gasteiger partial charge in [0.2, 0.25) is 5.91 Å². The van der Waals surface area contributed by atoms with Crippen LogP contribution >= 0.6 is 11.8 Å². The van der Waals surface area contributed by atoms with Gasteiger partial charge in [0, 0.05) is 36.8 Å². The van der Waals surface area contributed by atoms with Crippen LogP contribution in [0.25, 0.3) is 0 Å². The number of hydrogen-bond donors (Lipinski definition) is 0. The lowest BCUT2D eigenvalue weighted by Crippen LogP contribution is -2.52. The monoisotopic (exact) mass is 495 g/mol. The number of nitrogens with zero attached hydrogens (tertiary/aromatic N) is 3. The molecule has 0 unspecified atom stereocenters. The Kier molecular flexibility index (Phi) is 7.48. The van der Waals surface area contributed by atoms with E-state index in [0.29, 0.717) is 31.9 Å². The molecule has 1 aliphatic rings. The van der Waals surface area contributed by atoms with E-state index >= 15 is 0 Å². The number of sulfonamides is 1. The highest BCUT2D eigenvalue weighted by molar-refractivity contribution is 7.98. The minimum atomic E-state index is -3.91. The van der Waals surface area contributed by atoms with Crippen LogP contribution in [0.3, 0.4) is 0 Å².